The average molecular weight is 537 g/mol. The lowest BCUT2D eigenvalue weighted by atomic mass is 10.1. The molecule has 11 heteroatoms. The number of benzene rings is 2. The van der Waals surface area contributed by atoms with Crippen molar-refractivity contribution in [1.82, 2.24) is 10.2 Å². The molecule has 0 saturated carbocycles. The molecule has 1 fully saturated rings. The van der Waals surface area contributed by atoms with Crippen molar-refractivity contribution in [3.05, 3.63) is 81.5 Å². The highest BCUT2D eigenvalue weighted by Gasteiger charge is 2.43. The molecule has 2 heterocycles. The maximum Gasteiger partial charge on any atom is 0.416 e. The molecule has 2 aromatic carbocycles. The Labute approximate surface area is 214 Å². The van der Waals surface area contributed by atoms with E-state index in [4.69, 9.17) is 9.47 Å². The van der Waals surface area contributed by atoms with Gasteiger partial charge >= 0.3 is 6.18 Å². The van der Waals surface area contributed by atoms with E-state index in [1.807, 2.05) is 17.5 Å². The minimum atomic E-state index is -4.47. The SMILES string of the molecule is COc1ccc(C(=O)N2C(C(=O)NCc3cccc(C(F)(F)F)c3)CSC2c2cccs2)cc1OC. The molecule has 1 aliphatic heterocycles. The highest BCUT2D eigenvalue weighted by atomic mass is 32.2. The summed E-state index contributed by atoms with van der Waals surface area (Å²) in [6.45, 7) is -0.0913. The maximum absolute atomic E-state index is 13.7. The summed E-state index contributed by atoms with van der Waals surface area (Å²) in [5.74, 6) is 0.394. The molecule has 1 N–H and O–H groups in total. The van der Waals surface area contributed by atoms with Crippen LogP contribution in [-0.2, 0) is 17.5 Å². The number of rotatable bonds is 7. The van der Waals surface area contributed by atoms with E-state index in [1.54, 1.807) is 18.2 Å². The van der Waals surface area contributed by atoms with Crippen molar-refractivity contribution in [3.8, 4) is 11.5 Å². The fourth-order valence-corrected chi connectivity index (χ4v) is 6.29. The molecule has 1 aliphatic rings. The molecule has 0 aliphatic carbocycles. The van der Waals surface area contributed by atoms with Crippen LogP contribution in [0, 0.1) is 0 Å². The number of carbonyl (C=O) groups is 2. The predicted octanol–water partition coefficient (Wildman–Crippen LogP) is 5.36. The molecule has 4 rings (SSSR count). The number of nitrogens with zero attached hydrogens (tertiary/aromatic N) is 1. The van der Waals surface area contributed by atoms with Gasteiger partial charge in [0.25, 0.3) is 5.91 Å². The summed E-state index contributed by atoms with van der Waals surface area (Å²) < 4.78 is 49.7. The molecule has 2 unspecified atom stereocenters. The average Bonchev–Trinajstić information content (AvgIpc) is 3.56. The molecular weight excluding hydrogens is 513 g/mol. The van der Waals surface area contributed by atoms with Gasteiger partial charge in [-0.1, -0.05) is 18.2 Å². The summed E-state index contributed by atoms with van der Waals surface area (Å²) >= 11 is 2.94. The number of alkyl halides is 3. The van der Waals surface area contributed by atoms with E-state index >= 15 is 0 Å². The number of amides is 2. The summed E-state index contributed by atoms with van der Waals surface area (Å²) in [5, 5.41) is 4.23. The second-order valence-electron chi connectivity index (χ2n) is 7.92. The van der Waals surface area contributed by atoms with Crippen molar-refractivity contribution < 1.29 is 32.2 Å². The number of hydrogen-bond donors (Lipinski definition) is 1. The van der Waals surface area contributed by atoms with Gasteiger partial charge in [0, 0.05) is 22.7 Å². The Morgan fingerprint density at radius 1 is 1.06 bits per heavy atom. The Kier molecular flexibility index (Phi) is 7.79. The Hall–Kier alpha value is -3.18. The lowest BCUT2D eigenvalue weighted by molar-refractivity contribution is -0.137. The van der Waals surface area contributed by atoms with E-state index in [9.17, 15) is 22.8 Å². The van der Waals surface area contributed by atoms with Gasteiger partial charge in [-0.3, -0.25) is 9.59 Å². The van der Waals surface area contributed by atoms with Gasteiger partial charge in [-0.05, 0) is 47.3 Å². The molecule has 6 nitrogen and oxygen atoms in total. The third-order valence-electron chi connectivity index (χ3n) is 5.68. The lowest BCUT2D eigenvalue weighted by Crippen LogP contribution is -2.47. The van der Waals surface area contributed by atoms with Crippen molar-refractivity contribution in [2.75, 3.05) is 20.0 Å². The Morgan fingerprint density at radius 2 is 1.83 bits per heavy atom. The van der Waals surface area contributed by atoms with Crippen LogP contribution >= 0.6 is 23.1 Å². The van der Waals surface area contributed by atoms with Gasteiger partial charge < -0.3 is 19.7 Å². The van der Waals surface area contributed by atoms with Crippen LogP contribution in [0.5, 0.6) is 11.5 Å². The molecule has 1 aromatic heterocycles. The molecule has 0 spiro atoms. The zero-order chi connectivity index (χ0) is 25.9. The van der Waals surface area contributed by atoms with E-state index in [0.29, 0.717) is 28.4 Å². The summed E-state index contributed by atoms with van der Waals surface area (Å²) in [7, 11) is 2.96. The van der Waals surface area contributed by atoms with E-state index < -0.39 is 23.7 Å². The molecule has 1 saturated heterocycles. The van der Waals surface area contributed by atoms with Crippen LogP contribution in [0.25, 0.3) is 0 Å². The van der Waals surface area contributed by atoms with Gasteiger partial charge in [0.1, 0.15) is 11.4 Å². The number of halogens is 3. The van der Waals surface area contributed by atoms with Crippen molar-refractivity contribution in [3.63, 3.8) is 0 Å². The van der Waals surface area contributed by atoms with E-state index in [1.165, 1.54) is 54.4 Å². The van der Waals surface area contributed by atoms with Crippen molar-refractivity contribution in [2.45, 2.75) is 24.1 Å². The summed E-state index contributed by atoms with van der Waals surface area (Å²) in [6.07, 6.45) is -4.47. The molecule has 0 radical (unpaired) electrons. The van der Waals surface area contributed by atoms with Gasteiger partial charge in [0.05, 0.1) is 19.8 Å². The minimum absolute atomic E-state index is 0.0913. The second-order valence-corrected chi connectivity index (χ2v) is 10.0. The monoisotopic (exact) mass is 536 g/mol. The van der Waals surface area contributed by atoms with Gasteiger partial charge in [0.2, 0.25) is 5.91 Å². The van der Waals surface area contributed by atoms with Gasteiger partial charge in [-0.15, -0.1) is 23.1 Å². The highest BCUT2D eigenvalue weighted by molar-refractivity contribution is 7.99. The summed E-state index contributed by atoms with van der Waals surface area (Å²) in [4.78, 5) is 29.3. The zero-order valence-corrected chi connectivity index (χ0v) is 21.0. The van der Waals surface area contributed by atoms with Crippen LogP contribution in [0.1, 0.15) is 31.7 Å². The third-order valence-corrected chi connectivity index (χ3v) is 8.05. The van der Waals surface area contributed by atoms with Crippen molar-refractivity contribution in [1.29, 1.82) is 0 Å². The number of ether oxygens (including phenoxy) is 2. The Balaban J connectivity index is 1.58. The summed E-state index contributed by atoms with van der Waals surface area (Å²) in [6, 6.07) is 12.6. The highest BCUT2D eigenvalue weighted by Crippen LogP contribution is 2.44. The van der Waals surface area contributed by atoms with Gasteiger partial charge in [-0.25, -0.2) is 0 Å². The Morgan fingerprint density at radius 3 is 2.50 bits per heavy atom. The third kappa shape index (κ3) is 5.46. The van der Waals surface area contributed by atoms with E-state index in [2.05, 4.69) is 5.32 Å². The molecule has 0 bridgehead atoms. The molecule has 2 atom stereocenters. The standard InChI is InChI=1S/C25H23F3N2O4S2/c1-33-19-9-8-16(12-20(19)34-2)23(32)30-18(14-36-24(30)21-7-4-10-35-21)22(31)29-13-15-5-3-6-17(11-15)25(26,27)28/h3-12,18,24H,13-14H2,1-2H3,(H,29,31). The van der Waals surface area contributed by atoms with Gasteiger partial charge in [0.15, 0.2) is 11.5 Å². The normalized spacial score (nSPS) is 17.6. The lowest BCUT2D eigenvalue weighted by Gasteiger charge is -2.28. The second kappa shape index (κ2) is 10.8. The van der Waals surface area contributed by atoms with Crippen LogP contribution in [0.15, 0.2) is 60.0 Å². The first-order chi connectivity index (χ1) is 17.2. The number of methoxy groups -OCH3 is 2. The molecular formula is C25H23F3N2O4S2. The van der Waals surface area contributed by atoms with Gasteiger partial charge in [-0.2, -0.15) is 13.2 Å². The summed E-state index contributed by atoms with van der Waals surface area (Å²) in [5.41, 5.74) is -0.141. The number of nitrogens with one attached hydrogen (secondary N) is 1. The molecule has 2 amide bonds. The first kappa shape index (κ1) is 25.9. The fraction of sp³-hybridized carbons (Fsp3) is 0.280. The minimum Gasteiger partial charge on any atom is -0.493 e. The van der Waals surface area contributed by atoms with Crippen LogP contribution in [0.2, 0.25) is 0 Å². The maximum atomic E-state index is 13.7. The molecule has 190 valence electrons. The van der Waals surface area contributed by atoms with E-state index in [-0.39, 0.29) is 17.8 Å². The molecule has 3 aromatic rings. The Bertz CT molecular complexity index is 1230. The topological polar surface area (TPSA) is 67.9 Å². The predicted molar refractivity (Wildman–Crippen MR) is 132 cm³/mol. The fourth-order valence-electron chi connectivity index (χ4n) is 3.89. The van der Waals surface area contributed by atoms with Crippen LogP contribution in [0.4, 0.5) is 13.2 Å². The van der Waals surface area contributed by atoms with Crippen molar-refractivity contribution >= 4 is 34.9 Å². The number of carbonyl (C=O) groups excluding carboxylic acids is 2. The van der Waals surface area contributed by atoms with E-state index in [0.717, 1.165) is 17.0 Å². The first-order valence-corrected chi connectivity index (χ1v) is 12.8. The van der Waals surface area contributed by atoms with Crippen molar-refractivity contribution in [2.24, 2.45) is 0 Å². The number of thioether (sulfide) groups is 1. The number of thiophene rings is 1. The van der Waals surface area contributed by atoms with Crippen LogP contribution in [-0.4, -0.2) is 42.7 Å². The zero-order valence-electron chi connectivity index (χ0n) is 19.4. The first-order valence-electron chi connectivity index (χ1n) is 10.9. The smallest absolute Gasteiger partial charge is 0.416 e. The number of hydrogen-bond acceptors (Lipinski definition) is 6. The van der Waals surface area contributed by atoms with Crippen LogP contribution < -0.4 is 14.8 Å². The largest absolute Gasteiger partial charge is 0.493 e. The quantitative estimate of drug-likeness (QED) is 0.441. The molecule has 36 heavy (non-hydrogen) atoms. The van der Waals surface area contributed by atoms with Crippen LogP contribution in [0.3, 0.4) is 0 Å².